The SMILES string of the molecule is CCN1C(=O)[C@H](NC(=O)c2cccc(C(F)(F)F)c2)[C@@H](c2cccc(CNC(=O)C3=CCN(C)C3)c2)c2c(C)nn(-c3ccccc3)c21. The lowest BCUT2D eigenvalue weighted by Gasteiger charge is -2.38. The number of aromatic nitrogens is 2. The summed E-state index contributed by atoms with van der Waals surface area (Å²) in [5.74, 6) is -1.59. The van der Waals surface area contributed by atoms with Crippen molar-refractivity contribution in [2.75, 3.05) is 31.6 Å². The number of hydrogen-bond donors (Lipinski definition) is 2. The van der Waals surface area contributed by atoms with E-state index in [4.69, 9.17) is 5.10 Å². The standard InChI is InChI=1S/C36H35F3N6O3/c1-4-44-34-29(22(2)42-45(34)28-14-6-5-7-15-28)30(24-11-8-10-23(18-24)20-40-32(46)26-16-17-43(3)21-26)31(35(44)48)41-33(47)25-12-9-13-27(19-25)36(37,38)39/h5-16,18-19,30-31H,4,17,20-21H2,1-3H3,(H,40,46)(H,41,47)/t30-,31+/m0/s1. The van der Waals surface area contributed by atoms with Crippen LogP contribution in [0.15, 0.2) is 90.5 Å². The number of rotatable bonds is 8. The first-order chi connectivity index (χ1) is 23.0. The number of nitrogens with zero attached hydrogens (tertiary/aromatic N) is 4. The number of carbonyl (C=O) groups excluding carboxylic acids is 3. The highest BCUT2D eigenvalue weighted by molar-refractivity contribution is 6.05. The van der Waals surface area contributed by atoms with Crippen LogP contribution in [0.1, 0.15) is 51.1 Å². The Hall–Kier alpha value is -5.23. The summed E-state index contributed by atoms with van der Waals surface area (Å²) in [6, 6.07) is 19.7. The van der Waals surface area contributed by atoms with Gasteiger partial charge in [0.25, 0.3) is 11.8 Å². The third-order valence-corrected chi connectivity index (χ3v) is 8.71. The molecule has 48 heavy (non-hydrogen) atoms. The number of hydrogen-bond acceptors (Lipinski definition) is 5. The van der Waals surface area contributed by atoms with Crippen molar-refractivity contribution in [2.45, 2.75) is 38.5 Å². The average molecular weight is 657 g/mol. The van der Waals surface area contributed by atoms with Gasteiger partial charge in [0.15, 0.2) is 0 Å². The number of carbonyl (C=O) groups is 3. The summed E-state index contributed by atoms with van der Waals surface area (Å²) in [6.07, 6.45) is -2.75. The van der Waals surface area contributed by atoms with Gasteiger partial charge in [-0.2, -0.15) is 18.3 Å². The molecule has 0 saturated heterocycles. The number of alkyl halides is 3. The van der Waals surface area contributed by atoms with Gasteiger partial charge in [0.1, 0.15) is 11.9 Å². The van der Waals surface area contributed by atoms with Crippen LogP contribution in [0.3, 0.4) is 0 Å². The van der Waals surface area contributed by atoms with Gasteiger partial charge < -0.3 is 10.6 Å². The Morgan fingerprint density at radius 2 is 1.73 bits per heavy atom. The van der Waals surface area contributed by atoms with Crippen molar-refractivity contribution in [2.24, 2.45) is 0 Å². The van der Waals surface area contributed by atoms with Crippen LogP contribution in [0.5, 0.6) is 0 Å². The maximum Gasteiger partial charge on any atom is 0.416 e. The number of halogens is 3. The van der Waals surface area contributed by atoms with E-state index < -0.39 is 35.5 Å². The monoisotopic (exact) mass is 656 g/mol. The second-order valence-corrected chi connectivity index (χ2v) is 12.0. The van der Waals surface area contributed by atoms with Gasteiger partial charge in [0, 0.05) is 48.8 Å². The normalized spacial score (nSPS) is 18.0. The zero-order chi connectivity index (χ0) is 34.2. The van der Waals surface area contributed by atoms with E-state index >= 15 is 0 Å². The molecule has 0 unspecified atom stereocenters. The zero-order valence-electron chi connectivity index (χ0n) is 26.7. The highest BCUT2D eigenvalue weighted by Crippen LogP contribution is 2.43. The van der Waals surface area contributed by atoms with Crippen molar-refractivity contribution in [1.82, 2.24) is 25.3 Å². The molecule has 6 rings (SSSR count). The first-order valence-corrected chi connectivity index (χ1v) is 15.6. The van der Waals surface area contributed by atoms with Gasteiger partial charge in [-0.25, -0.2) is 4.68 Å². The predicted octanol–water partition coefficient (Wildman–Crippen LogP) is 4.98. The Balaban J connectivity index is 1.42. The summed E-state index contributed by atoms with van der Waals surface area (Å²) >= 11 is 0. The molecule has 0 radical (unpaired) electrons. The van der Waals surface area contributed by atoms with E-state index in [2.05, 4.69) is 10.6 Å². The number of likely N-dealkylation sites (N-methyl/N-ethyl adjacent to an activating group) is 2. The lowest BCUT2D eigenvalue weighted by atomic mass is 9.80. The molecule has 3 amide bonds. The first-order valence-electron chi connectivity index (χ1n) is 15.6. The minimum Gasteiger partial charge on any atom is -0.348 e. The molecule has 2 N–H and O–H groups in total. The van der Waals surface area contributed by atoms with Crippen LogP contribution in [-0.2, 0) is 22.3 Å². The molecule has 0 saturated carbocycles. The number of nitrogens with one attached hydrogen (secondary N) is 2. The van der Waals surface area contributed by atoms with Crippen molar-refractivity contribution < 1.29 is 27.6 Å². The zero-order valence-corrected chi connectivity index (χ0v) is 26.7. The molecule has 248 valence electrons. The third-order valence-electron chi connectivity index (χ3n) is 8.71. The number of benzene rings is 3. The fraction of sp³-hybridized carbons (Fsp3) is 0.278. The molecule has 1 aromatic heterocycles. The van der Waals surface area contributed by atoms with Gasteiger partial charge >= 0.3 is 6.18 Å². The first kappa shape index (κ1) is 32.7. The molecule has 0 spiro atoms. The summed E-state index contributed by atoms with van der Waals surface area (Å²) in [6.45, 7) is 5.39. The highest BCUT2D eigenvalue weighted by Gasteiger charge is 2.45. The molecular formula is C36H35F3N6O3. The van der Waals surface area contributed by atoms with E-state index in [1.807, 2.05) is 86.5 Å². The molecule has 0 aliphatic carbocycles. The van der Waals surface area contributed by atoms with E-state index in [0.717, 1.165) is 23.4 Å². The number of aryl methyl sites for hydroxylation is 1. The molecule has 3 aromatic carbocycles. The molecule has 2 aliphatic rings. The topological polar surface area (TPSA) is 99.6 Å². The van der Waals surface area contributed by atoms with E-state index in [1.165, 1.54) is 12.1 Å². The number of amides is 3. The molecule has 4 aromatic rings. The quantitative estimate of drug-likeness (QED) is 0.279. The summed E-state index contributed by atoms with van der Waals surface area (Å²) in [7, 11) is 1.93. The van der Waals surface area contributed by atoms with E-state index in [-0.39, 0.29) is 24.6 Å². The number of anilines is 1. The average Bonchev–Trinajstić information content (AvgIpc) is 3.67. The summed E-state index contributed by atoms with van der Waals surface area (Å²) in [4.78, 5) is 44.4. The van der Waals surface area contributed by atoms with Crippen molar-refractivity contribution in [3.8, 4) is 5.69 Å². The fourth-order valence-corrected chi connectivity index (χ4v) is 6.40. The lowest BCUT2D eigenvalue weighted by molar-refractivity contribution is -0.137. The molecule has 0 bridgehead atoms. The maximum atomic E-state index is 14.4. The molecule has 9 nitrogen and oxygen atoms in total. The lowest BCUT2D eigenvalue weighted by Crippen LogP contribution is -2.55. The highest BCUT2D eigenvalue weighted by atomic mass is 19.4. The van der Waals surface area contributed by atoms with Gasteiger partial charge in [-0.05, 0) is 62.4 Å². The van der Waals surface area contributed by atoms with Crippen LogP contribution in [0.25, 0.3) is 5.69 Å². The van der Waals surface area contributed by atoms with Crippen LogP contribution in [0.2, 0.25) is 0 Å². The van der Waals surface area contributed by atoms with E-state index in [9.17, 15) is 27.6 Å². The largest absolute Gasteiger partial charge is 0.416 e. The van der Waals surface area contributed by atoms with E-state index in [1.54, 1.807) is 9.58 Å². The van der Waals surface area contributed by atoms with Crippen LogP contribution in [-0.4, -0.2) is 65.1 Å². The van der Waals surface area contributed by atoms with Crippen LogP contribution in [0.4, 0.5) is 19.0 Å². The van der Waals surface area contributed by atoms with Crippen LogP contribution in [0, 0.1) is 6.92 Å². The maximum absolute atomic E-state index is 14.4. The molecule has 12 heteroatoms. The van der Waals surface area contributed by atoms with Crippen molar-refractivity contribution in [3.05, 3.63) is 124 Å². The van der Waals surface area contributed by atoms with Crippen molar-refractivity contribution in [3.63, 3.8) is 0 Å². The molecule has 2 aliphatic heterocycles. The Kier molecular flexibility index (Phi) is 8.93. The van der Waals surface area contributed by atoms with Gasteiger partial charge in [0.2, 0.25) is 5.91 Å². The van der Waals surface area contributed by atoms with Gasteiger partial charge in [-0.3, -0.25) is 24.2 Å². The third kappa shape index (κ3) is 6.35. The number of para-hydroxylation sites is 1. The Morgan fingerprint density at radius 3 is 2.42 bits per heavy atom. The smallest absolute Gasteiger partial charge is 0.348 e. The van der Waals surface area contributed by atoms with Crippen molar-refractivity contribution >= 4 is 23.5 Å². The van der Waals surface area contributed by atoms with Gasteiger partial charge in [-0.1, -0.05) is 54.6 Å². The minimum absolute atomic E-state index is 0.162. The second kappa shape index (κ2) is 13.1. The minimum atomic E-state index is -4.64. The molecule has 3 heterocycles. The Bertz CT molecular complexity index is 1900. The summed E-state index contributed by atoms with van der Waals surface area (Å²) in [5.41, 5.74) is 3.03. The summed E-state index contributed by atoms with van der Waals surface area (Å²) in [5, 5.41) is 10.6. The van der Waals surface area contributed by atoms with Crippen molar-refractivity contribution in [1.29, 1.82) is 0 Å². The molecule has 0 fully saturated rings. The Morgan fingerprint density at radius 1 is 0.979 bits per heavy atom. The molecular weight excluding hydrogens is 621 g/mol. The molecule has 2 atom stereocenters. The van der Waals surface area contributed by atoms with Crippen LogP contribution < -0.4 is 15.5 Å². The predicted molar refractivity (Wildman–Crippen MR) is 175 cm³/mol. The van der Waals surface area contributed by atoms with Crippen LogP contribution >= 0.6 is 0 Å². The fourth-order valence-electron chi connectivity index (χ4n) is 6.40. The van der Waals surface area contributed by atoms with Gasteiger partial charge in [0.05, 0.1) is 16.9 Å². The number of fused-ring (bicyclic) bond motifs is 1. The van der Waals surface area contributed by atoms with Gasteiger partial charge in [-0.15, -0.1) is 0 Å². The second-order valence-electron chi connectivity index (χ2n) is 12.0. The summed E-state index contributed by atoms with van der Waals surface area (Å²) < 4.78 is 42.2. The Labute approximate surface area is 276 Å². The van der Waals surface area contributed by atoms with E-state index in [0.29, 0.717) is 41.3 Å².